The Morgan fingerprint density at radius 1 is 1.30 bits per heavy atom. The zero-order valence-electron chi connectivity index (χ0n) is 12.4. The topological polar surface area (TPSA) is 55.4 Å². The van der Waals surface area contributed by atoms with Crippen LogP contribution < -0.4 is 10.1 Å². The van der Waals surface area contributed by atoms with Gasteiger partial charge in [-0.15, -0.1) is 0 Å². The van der Waals surface area contributed by atoms with Crippen LogP contribution in [0.4, 0.5) is 0 Å². The monoisotopic (exact) mass is 275 g/mol. The highest BCUT2D eigenvalue weighted by Crippen LogP contribution is 2.26. The van der Waals surface area contributed by atoms with Gasteiger partial charge in [-0.1, -0.05) is 0 Å². The summed E-state index contributed by atoms with van der Waals surface area (Å²) in [6, 6.07) is 5.40. The van der Waals surface area contributed by atoms with E-state index in [1.165, 1.54) is 0 Å². The van der Waals surface area contributed by atoms with Crippen molar-refractivity contribution in [2.75, 3.05) is 0 Å². The molecule has 1 aromatic carbocycles. The average molecular weight is 275 g/mol. The molecule has 1 aliphatic rings. The van der Waals surface area contributed by atoms with Gasteiger partial charge in [-0.3, -0.25) is 9.59 Å². The van der Waals surface area contributed by atoms with Crippen LogP contribution in [0, 0.1) is 0 Å². The standard InChI is InChI=1S/C16H21NO3/c1-10(15(19)17-16(2,3)4)20-12-6-7-13-11(9-12)5-8-14(13)18/h6-7,9-10H,5,8H2,1-4H3,(H,17,19). The Balaban J connectivity index is 2.04. The average Bonchev–Trinajstić information content (AvgIpc) is 2.68. The number of carbonyl (C=O) groups is 2. The number of ether oxygens (including phenoxy) is 1. The first kappa shape index (κ1) is 14.6. The molecule has 0 heterocycles. The van der Waals surface area contributed by atoms with Crippen LogP contribution in [0.15, 0.2) is 18.2 Å². The van der Waals surface area contributed by atoms with E-state index in [4.69, 9.17) is 4.74 Å². The van der Waals surface area contributed by atoms with Gasteiger partial charge in [0.25, 0.3) is 5.91 Å². The number of benzene rings is 1. The van der Waals surface area contributed by atoms with Crippen LogP contribution in [-0.4, -0.2) is 23.3 Å². The van der Waals surface area contributed by atoms with E-state index in [-0.39, 0.29) is 17.2 Å². The molecule has 1 aliphatic carbocycles. The summed E-state index contributed by atoms with van der Waals surface area (Å²) < 4.78 is 5.66. The van der Waals surface area contributed by atoms with Crippen molar-refractivity contribution in [1.29, 1.82) is 0 Å². The number of amides is 1. The highest BCUT2D eigenvalue weighted by molar-refractivity contribution is 6.00. The van der Waals surface area contributed by atoms with Crippen molar-refractivity contribution in [2.24, 2.45) is 0 Å². The van der Waals surface area contributed by atoms with Crippen LogP contribution in [0.25, 0.3) is 0 Å². The highest BCUT2D eigenvalue weighted by atomic mass is 16.5. The third-order valence-corrected chi connectivity index (χ3v) is 3.18. The van der Waals surface area contributed by atoms with E-state index in [1.54, 1.807) is 19.1 Å². The zero-order chi connectivity index (χ0) is 14.9. The molecule has 108 valence electrons. The number of Topliss-reactive ketones (excluding diaryl/α,β-unsaturated/α-hetero) is 1. The predicted molar refractivity (Wildman–Crippen MR) is 77.1 cm³/mol. The first-order valence-electron chi connectivity index (χ1n) is 6.91. The highest BCUT2D eigenvalue weighted by Gasteiger charge is 2.23. The summed E-state index contributed by atoms with van der Waals surface area (Å²) in [6.07, 6.45) is 0.761. The molecular weight excluding hydrogens is 254 g/mol. The molecule has 1 amide bonds. The van der Waals surface area contributed by atoms with E-state index in [1.807, 2.05) is 26.8 Å². The Morgan fingerprint density at radius 2 is 2.00 bits per heavy atom. The van der Waals surface area contributed by atoms with E-state index in [9.17, 15) is 9.59 Å². The van der Waals surface area contributed by atoms with Gasteiger partial charge in [0.2, 0.25) is 0 Å². The molecule has 2 rings (SSSR count). The van der Waals surface area contributed by atoms with Gasteiger partial charge in [0.05, 0.1) is 0 Å². The van der Waals surface area contributed by atoms with Gasteiger partial charge >= 0.3 is 0 Å². The van der Waals surface area contributed by atoms with Crippen molar-refractivity contribution in [2.45, 2.75) is 52.2 Å². The first-order valence-corrected chi connectivity index (χ1v) is 6.91. The van der Waals surface area contributed by atoms with Crippen LogP contribution in [0.3, 0.4) is 0 Å². The lowest BCUT2D eigenvalue weighted by Gasteiger charge is -2.23. The minimum atomic E-state index is -0.565. The SMILES string of the molecule is CC(Oc1ccc2c(c1)CCC2=O)C(=O)NC(C)(C)C. The normalized spacial score (nSPS) is 15.7. The Bertz CT molecular complexity index is 543. The lowest BCUT2D eigenvalue weighted by molar-refractivity contribution is -0.128. The number of aryl methyl sites for hydroxylation is 1. The summed E-state index contributed by atoms with van der Waals surface area (Å²) in [5.74, 6) is 0.675. The van der Waals surface area contributed by atoms with E-state index in [0.29, 0.717) is 12.2 Å². The zero-order valence-corrected chi connectivity index (χ0v) is 12.4. The Hall–Kier alpha value is -1.84. The first-order chi connectivity index (χ1) is 9.26. The van der Waals surface area contributed by atoms with E-state index >= 15 is 0 Å². The summed E-state index contributed by atoms with van der Waals surface area (Å²) in [4.78, 5) is 23.5. The molecule has 0 radical (unpaired) electrons. The van der Waals surface area contributed by atoms with Crippen LogP contribution in [0.2, 0.25) is 0 Å². The molecular formula is C16H21NO3. The maximum atomic E-state index is 12.0. The second-order valence-corrected chi connectivity index (χ2v) is 6.24. The lowest BCUT2D eigenvalue weighted by Crippen LogP contribution is -2.46. The molecule has 0 saturated heterocycles. The number of rotatable bonds is 3. The van der Waals surface area contributed by atoms with Gasteiger partial charge in [-0.2, -0.15) is 0 Å². The third-order valence-electron chi connectivity index (χ3n) is 3.18. The van der Waals surface area contributed by atoms with Gasteiger partial charge < -0.3 is 10.1 Å². The van der Waals surface area contributed by atoms with Crippen molar-refractivity contribution in [3.8, 4) is 5.75 Å². The fraction of sp³-hybridized carbons (Fsp3) is 0.500. The third kappa shape index (κ3) is 3.38. The van der Waals surface area contributed by atoms with E-state index in [0.717, 1.165) is 17.5 Å². The molecule has 0 fully saturated rings. The van der Waals surface area contributed by atoms with Crippen molar-refractivity contribution in [3.05, 3.63) is 29.3 Å². The lowest BCUT2D eigenvalue weighted by atomic mass is 10.1. The molecule has 0 saturated carbocycles. The molecule has 0 spiro atoms. The predicted octanol–water partition coefficient (Wildman–Crippen LogP) is 2.50. The molecule has 4 nitrogen and oxygen atoms in total. The smallest absolute Gasteiger partial charge is 0.261 e. The number of carbonyl (C=O) groups excluding carboxylic acids is 2. The quantitative estimate of drug-likeness (QED) is 0.922. The Morgan fingerprint density at radius 3 is 2.65 bits per heavy atom. The minimum absolute atomic E-state index is 0.144. The van der Waals surface area contributed by atoms with Crippen molar-refractivity contribution >= 4 is 11.7 Å². The summed E-state index contributed by atoms with van der Waals surface area (Å²) in [5.41, 5.74) is 1.51. The number of hydrogen-bond donors (Lipinski definition) is 1. The summed E-state index contributed by atoms with van der Waals surface area (Å²) >= 11 is 0. The fourth-order valence-electron chi connectivity index (χ4n) is 2.23. The number of hydrogen-bond acceptors (Lipinski definition) is 3. The molecule has 0 aromatic heterocycles. The molecule has 20 heavy (non-hydrogen) atoms. The second-order valence-electron chi connectivity index (χ2n) is 6.24. The molecule has 1 unspecified atom stereocenters. The van der Waals surface area contributed by atoms with Crippen LogP contribution in [-0.2, 0) is 11.2 Å². The van der Waals surface area contributed by atoms with Crippen molar-refractivity contribution in [1.82, 2.24) is 5.32 Å². The number of fused-ring (bicyclic) bond motifs is 1. The maximum absolute atomic E-state index is 12.0. The largest absolute Gasteiger partial charge is 0.481 e. The molecule has 4 heteroatoms. The Labute approximate surface area is 119 Å². The van der Waals surface area contributed by atoms with Gasteiger partial charge in [-0.25, -0.2) is 0 Å². The van der Waals surface area contributed by atoms with Crippen molar-refractivity contribution in [3.63, 3.8) is 0 Å². The maximum Gasteiger partial charge on any atom is 0.261 e. The molecule has 1 N–H and O–H groups in total. The van der Waals surface area contributed by atoms with Crippen molar-refractivity contribution < 1.29 is 14.3 Å². The van der Waals surface area contributed by atoms with Gasteiger partial charge in [0.15, 0.2) is 11.9 Å². The van der Waals surface area contributed by atoms with E-state index in [2.05, 4.69) is 5.32 Å². The molecule has 0 aliphatic heterocycles. The van der Waals surface area contributed by atoms with Gasteiger partial charge in [-0.05, 0) is 57.9 Å². The Kier molecular flexibility index (Phi) is 3.84. The number of nitrogens with one attached hydrogen (secondary N) is 1. The summed E-state index contributed by atoms with van der Waals surface area (Å²) in [6.45, 7) is 7.51. The van der Waals surface area contributed by atoms with Crippen LogP contribution in [0.1, 0.15) is 50.0 Å². The van der Waals surface area contributed by atoms with E-state index < -0.39 is 6.10 Å². The molecule has 1 atom stereocenters. The second kappa shape index (κ2) is 5.27. The van der Waals surface area contributed by atoms with Gasteiger partial charge in [0.1, 0.15) is 5.75 Å². The number of ketones is 1. The summed E-state index contributed by atoms with van der Waals surface area (Å²) in [5, 5.41) is 2.88. The van der Waals surface area contributed by atoms with Gasteiger partial charge in [0, 0.05) is 17.5 Å². The fourth-order valence-corrected chi connectivity index (χ4v) is 2.23. The molecule has 0 bridgehead atoms. The summed E-state index contributed by atoms with van der Waals surface area (Å²) in [7, 11) is 0. The van der Waals surface area contributed by atoms with Crippen LogP contribution >= 0.6 is 0 Å². The molecule has 1 aromatic rings. The minimum Gasteiger partial charge on any atom is -0.481 e. The van der Waals surface area contributed by atoms with Crippen LogP contribution in [0.5, 0.6) is 5.75 Å².